The minimum atomic E-state index is 0.600. The molecule has 0 fully saturated rings. The van der Waals surface area contributed by atoms with Gasteiger partial charge in [-0.15, -0.1) is 0 Å². The van der Waals surface area contributed by atoms with E-state index in [1.807, 2.05) is 18.3 Å². The summed E-state index contributed by atoms with van der Waals surface area (Å²) in [6, 6.07) is 5.42. The van der Waals surface area contributed by atoms with Crippen LogP contribution < -0.4 is 5.73 Å². The molecule has 4 heteroatoms. The average Bonchev–Trinajstić information content (AvgIpc) is 2.75. The molecule has 0 aliphatic heterocycles. The lowest BCUT2D eigenvalue weighted by molar-refractivity contribution is 0.900. The van der Waals surface area contributed by atoms with Gasteiger partial charge in [-0.05, 0) is 43.0 Å². The molecule has 0 bridgehead atoms. The molecule has 0 atom stereocenters. The summed E-state index contributed by atoms with van der Waals surface area (Å²) in [5, 5.41) is 0.600. The second-order valence-electron chi connectivity index (χ2n) is 4.26. The van der Waals surface area contributed by atoms with Crippen molar-refractivity contribution >= 4 is 17.3 Å². The van der Waals surface area contributed by atoms with Gasteiger partial charge in [-0.25, -0.2) is 9.97 Å². The number of nitrogens with zero attached hydrogens (tertiary/aromatic N) is 2. The third-order valence-corrected chi connectivity index (χ3v) is 3.36. The van der Waals surface area contributed by atoms with Crippen molar-refractivity contribution in [3.63, 3.8) is 0 Å². The first kappa shape index (κ1) is 10.5. The van der Waals surface area contributed by atoms with E-state index in [0.29, 0.717) is 16.5 Å². The molecule has 0 saturated carbocycles. The van der Waals surface area contributed by atoms with Crippen LogP contribution in [0.4, 0.5) is 5.69 Å². The lowest BCUT2D eigenvalue weighted by atomic mass is 10.2. The van der Waals surface area contributed by atoms with Crippen LogP contribution in [0.25, 0.3) is 11.4 Å². The highest BCUT2D eigenvalue weighted by Gasteiger charge is 2.15. The zero-order valence-electron chi connectivity index (χ0n) is 9.28. The summed E-state index contributed by atoms with van der Waals surface area (Å²) in [5.74, 6) is 0.690. The highest BCUT2D eigenvalue weighted by molar-refractivity contribution is 6.33. The monoisotopic (exact) mass is 245 g/mol. The summed E-state index contributed by atoms with van der Waals surface area (Å²) in [7, 11) is 0. The van der Waals surface area contributed by atoms with E-state index in [-0.39, 0.29) is 0 Å². The smallest absolute Gasteiger partial charge is 0.160 e. The van der Waals surface area contributed by atoms with Gasteiger partial charge in [-0.1, -0.05) is 11.6 Å². The standard InChI is InChI=1S/C13H12ClN3/c14-11-6-9(15)4-5-10(11)13-16-7-8-2-1-3-12(8)17-13/h4-7H,1-3,15H2. The van der Waals surface area contributed by atoms with Gasteiger partial charge in [0.2, 0.25) is 0 Å². The molecule has 0 amide bonds. The molecule has 0 saturated heterocycles. The predicted octanol–water partition coefficient (Wildman–Crippen LogP) is 2.87. The second kappa shape index (κ2) is 4.00. The quantitative estimate of drug-likeness (QED) is 0.786. The summed E-state index contributed by atoms with van der Waals surface area (Å²) in [5.41, 5.74) is 9.59. The van der Waals surface area contributed by atoms with Gasteiger partial charge in [0, 0.05) is 23.1 Å². The van der Waals surface area contributed by atoms with Crippen LogP contribution in [-0.4, -0.2) is 9.97 Å². The number of anilines is 1. The molecule has 86 valence electrons. The third-order valence-electron chi connectivity index (χ3n) is 3.05. The summed E-state index contributed by atoms with van der Waals surface area (Å²) in [6.07, 6.45) is 5.21. The topological polar surface area (TPSA) is 51.8 Å². The molecular weight excluding hydrogens is 234 g/mol. The van der Waals surface area contributed by atoms with Crippen LogP contribution in [0.1, 0.15) is 17.7 Å². The molecule has 0 radical (unpaired) electrons. The molecule has 2 aromatic rings. The number of hydrogen-bond acceptors (Lipinski definition) is 3. The lowest BCUT2D eigenvalue weighted by Crippen LogP contribution is -1.96. The van der Waals surface area contributed by atoms with Gasteiger partial charge >= 0.3 is 0 Å². The van der Waals surface area contributed by atoms with Crippen molar-refractivity contribution in [3.8, 4) is 11.4 Å². The van der Waals surface area contributed by atoms with Gasteiger partial charge in [-0.2, -0.15) is 0 Å². The van der Waals surface area contributed by atoms with E-state index in [9.17, 15) is 0 Å². The lowest BCUT2D eigenvalue weighted by Gasteiger charge is -2.05. The number of fused-ring (bicyclic) bond motifs is 1. The summed E-state index contributed by atoms with van der Waals surface area (Å²) >= 11 is 6.15. The highest BCUT2D eigenvalue weighted by Crippen LogP contribution is 2.29. The number of nitrogen functional groups attached to an aromatic ring is 1. The fourth-order valence-corrected chi connectivity index (χ4v) is 2.43. The van der Waals surface area contributed by atoms with E-state index in [2.05, 4.69) is 9.97 Å². The van der Waals surface area contributed by atoms with Crippen LogP contribution >= 0.6 is 11.6 Å². The Morgan fingerprint density at radius 3 is 2.94 bits per heavy atom. The molecule has 1 aromatic heterocycles. The number of hydrogen-bond donors (Lipinski definition) is 1. The Morgan fingerprint density at radius 1 is 1.24 bits per heavy atom. The van der Waals surface area contributed by atoms with Crippen LogP contribution in [0.5, 0.6) is 0 Å². The summed E-state index contributed by atoms with van der Waals surface area (Å²) < 4.78 is 0. The van der Waals surface area contributed by atoms with Crippen molar-refractivity contribution in [1.82, 2.24) is 9.97 Å². The average molecular weight is 246 g/mol. The van der Waals surface area contributed by atoms with Gasteiger partial charge in [0.25, 0.3) is 0 Å². The normalized spacial score (nSPS) is 13.7. The van der Waals surface area contributed by atoms with E-state index in [1.165, 1.54) is 12.0 Å². The predicted molar refractivity (Wildman–Crippen MR) is 68.9 cm³/mol. The Hall–Kier alpha value is -1.61. The third kappa shape index (κ3) is 1.87. The first-order valence-corrected chi connectivity index (χ1v) is 6.02. The largest absolute Gasteiger partial charge is 0.399 e. The van der Waals surface area contributed by atoms with E-state index < -0.39 is 0 Å². The molecule has 1 heterocycles. The molecule has 0 spiro atoms. The number of rotatable bonds is 1. The molecule has 17 heavy (non-hydrogen) atoms. The fourth-order valence-electron chi connectivity index (χ4n) is 2.16. The van der Waals surface area contributed by atoms with Gasteiger partial charge in [0.15, 0.2) is 5.82 Å². The Kier molecular flexibility index (Phi) is 2.48. The minimum Gasteiger partial charge on any atom is -0.399 e. The zero-order valence-corrected chi connectivity index (χ0v) is 10.0. The Bertz CT molecular complexity index is 581. The van der Waals surface area contributed by atoms with Crippen molar-refractivity contribution in [2.24, 2.45) is 0 Å². The van der Waals surface area contributed by atoms with Crippen molar-refractivity contribution in [2.45, 2.75) is 19.3 Å². The van der Waals surface area contributed by atoms with Crippen LogP contribution in [-0.2, 0) is 12.8 Å². The van der Waals surface area contributed by atoms with Crippen LogP contribution in [0.2, 0.25) is 5.02 Å². The number of benzene rings is 1. The van der Waals surface area contributed by atoms with Crippen molar-refractivity contribution in [1.29, 1.82) is 0 Å². The van der Waals surface area contributed by atoms with Gasteiger partial charge in [0.1, 0.15) is 0 Å². The van der Waals surface area contributed by atoms with E-state index in [0.717, 1.165) is 24.1 Å². The first-order valence-electron chi connectivity index (χ1n) is 5.64. The van der Waals surface area contributed by atoms with Crippen LogP contribution in [0.3, 0.4) is 0 Å². The molecule has 2 N–H and O–H groups in total. The number of halogens is 1. The highest BCUT2D eigenvalue weighted by atomic mass is 35.5. The maximum atomic E-state index is 6.15. The maximum absolute atomic E-state index is 6.15. The van der Waals surface area contributed by atoms with Gasteiger partial charge < -0.3 is 5.73 Å². The fraction of sp³-hybridized carbons (Fsp3) is 0.231. The molecule has 1 aliphatic rings. The Balaban J connectivity index is 2.09. The molecular formula is C13H12ClN3. The van der Waals surface area contributed by atoms with Crippen molar-refractivity contribution in [3.05, 3.63) is 40.7 Å². The van der Waals surface area contributed by atoms with Crippen molar-refractivity contribution < 1.29 is 0 Å². The molecule has 0 unspecified atom stereocenters. The van der Waals surface area contributed by atoms with E-state index >= 15 is 0 Å². The van der Waals surface area contributed by atoms with Gasteiger partial charge in [0.05, 0.1) is 5.02 Å². The molecule has 1 aliphatic carbocycles. The van der Waals surface area contributed by atoms with E-state index in [1.54, 1.807) is 6.07 Å². The van der Waals surface area contributed by atoms with Crippen LogP contribution in [0.15, 0.2) is 24.4 Å². The number of aryl methyl sites for hydroxylation is 2. The summed E-state index contributed by atoms with van der Waals surface area (Å²) in [4.78, 5) is 8.95. The Labute approximate surface area is 105 Å². The molecule has 3 rings (SSSR count). The zero-order chi connectivity index (χ0) is 11.8. The van der Waals surface area contributed by atoms with E-state index in [4.69, 9.17) is 17.3 Å². The van der Waals surface area contributed by atoms with Crippen LogP contribution in [0, 0.1) is 0 Å². The summed E-state index contributed by atoms with van der Waals surface area (Å²) in [6.45, 7) is 0. The van der Waals surface area contributed by atoms with Gasteiger partial charge in [-0.3, -0.25) is 0 Å². The molecule has 1 aromatic carbocycles. The number of nitrogens with two attached hydrogens (primary N) is 1. The second-order valence-corrected chi connectivity index (χ2v) is 4.67. The SMILES string of the molecule is Nc1ccc(-c2ncc3c(n2)CCC3)c(Cl)c1. The maximum Gasteiger partial charge on any atom is 0.160 e. The first-order chi connectivity index (χ1) is 8.24. The van der Waals surface area contributed by atoms with Crippen molar-refractivity contribution in [2.75, 3.05) is 5.73 Å². The number of aromatic nitrogens is 2. The minimum absolute atomic E-state index is 0.600. The Morgan fingerprint density at radius 2 is 2.12 bits per heavy atom. The molecule has 3 nitrogen and oxygen atoms in total.